The van der Waals surface area contributed by atoms with Gasteiger partial charge in [0.05, 0.1) is 12.2 Å². The Hall–Kier alpha value is -4.02. The maximum absolute atomic E-state index is 13.4. The van der Waals surface area contributed by atoms with Gasteiger partial charge in [-0.1, -0.05) is 18.2 Å². The number of hydrogen-bond donors (Lipinski definition) is 2. The second-order valence-electron chi connectivity index (χ2n) is 12.8. The highest BCUT2D eigenvalue weighted by Crippen LogP contribution is 2.42. The highest BCUT2D eigenvalue weighted by atomic mass is 16.3. The summed E-state index contributed by atoms with van der Waals surface area (Å²) in [6.45, 7) is 6.78. The molecular weight excluding hydrogens is 540 g/mol. The Morgan fingerprint density at radius 3 is 2.42 bits per heavy atom. The summed E-state index contributed by atoms with van der Waals surface area (Å²) >= 11 is 0. The van der Waals surface area contributed by atoms with Gasteiger partial charge in [0.15, 0.2) is 11.5 Å². The van der Waals surface area contributed by atoms with Crippen LogP contribution in [0, 0.1) is 5.41 Å². The molecule has 4 aromatic rings. The van der Waals surface area contributed by atoms with Crippen LogP contribution in [0.1, 0.15) is 51.1 Å². The number of allylic oxidation sites excluding steroid dienone is 2. The van der Waals surface area contributed by atoms with E-state index in [-0.39, 0.29) is 5.56 Å². The number of aliphatic hydroxyl groups is 1. The number of nitrogens with zero attached hydrogens (tertiary/aromatic N) is 7. The molecule has 1 atom stereocenters. The van der Waals surface area contributed by atoms with Crippen LogP contribution in [0.2, 0.25) is 0 Å². The number of benzene rings is 1. The van der Waals surface area contributed by atoms with Crippen LogP contribution in [-0.4, -0.2) is 67.5 Å². The fourth-order valence-corrected chi connectivity index (χ4v) is 6.83. The number of aromatic nitrogens is 5. The van der Waals surface area contributed by atoms with E-state index in [1.165, 1.54) is 44.5 Å². The van der Waals surface area contributed by atoms with Crippen molar-refractivity contribution in [3.05, 3.63) is 76.9 Å². The van der Waals surface area contributed by atoms with E-state index in [2.05, 4.69) is 51.4 Å². The predicted molar refractivity (Wildman–Crippen MR) is 169 cm³/mol. The maximum atomic E-state index is 13.4. The minimum atomic E-state index is -1.09. The SMILES string of the molecule is CN1CCC2(CC1)CCN(c1ccc(Nc3ncc4c(=O)n5n(c4n3)-c3cccc(n3)[C@](C)(O)CC/C=C\C5)cc1)CC2. The first kappa shape index (κ1) is 27.8. The monoisotopic (exact) mass is 580 g/mol. The first-order valence-corrected chi connectivity index (χ1v) is 15.4. The average Bonchev–Trinajstić information content (AvgIpc) is 3.29. The van der Waals surface area contributed by atoms with Crippen LogP contribution in [0.25, 0.3) is 16.9 Å². The van der Waals surface area contributed by atoms with Crippen LogP contribution in [0.4, 0.5) is 17.3 Å². The van der Waals surface area contributed by atoms with Gasteiger partial charge in [0.25, 0.3) is 5.56 Å². The fraction of sp³-hybridized carbons (Fsp3) is 0.455. The van der Waals surface area contributed by atoms with Gasteiger partial charge in [-0.25, -0.2) is 19.3 Å². The van der Waals surface area contributed by atoms with E-state index in [1.54, 1.807) is 22.5 Å². The number of anilines is 3. The summed E-state index contributed by atoms with van der Waals surface area (Å²) in [7, 11) is 2.23. The quantitative estimate of drug-likeness (QED) is 0.339. The third-order valence-electron chi connectivity index (χ3n) is 9.78. The highest BCUT2D eigenvalue weighted by molar-refractivity contribution is 5.77. The van der Waals surface area contributed by atoms with Gasteiger partial charge in [-0.05, 0) is 107 Å². The molecule has 7 rings (SSSR count). The van der Waals surface area contributed by atoms with Crippen molar-refractivity contribution in [1.82, 2.24) is 29.2 Å². The van der Waals surface area contributed by atoms with Gasteiger partial charge in [0.2, 0.25) is 5.95 Å². The molecule has 224 valence electrons. The summed E-state index contributed by atoms with van der Waals surface area (Å²) in [5, 5.41) is 14.8. The number of pyridine rings is 1. The molecule has 1 aromatic carbocycles. The Morgan fingerprint density at radius 2 is 1.65 bits per heavy atom. The largest absolute Gasteiger partial charge is 0.384 e. The van der Waals surface area contributed by atoms with Crippen molar-refractivity contribution in [1.29, 1.82) is 0 Å². The van der Waals surface area contributed by atoms with Crippen molar-refractivity contribution in [2.45, 2.75) is 57.6 Å². The number of likely N-dealkylation sites (tertiary alicyclic amines) is 1. The van der Waals surface area contributed by atoms with E-state index in [4.69, 9.17) is 9.97 Å². The van der Waals surface area contributed by atoms with Crippen molar-refractivity contribution in [2.75, 3.05) is 43.4 Å². The van der Waals surface area contributed by atoms with E-state index in [1.807, 2.05) is 30.4 Å². The zero-order valence-electron chi connectivity index (χ0n) is 25.0. The van der Waals surface area contributed by atoms with Gasteiger partial charge in [-0.2, -0.15) is 4.98 Å². The third-order valence-corrected chi connectivity index (χ3v) is 9.78. The van der Waals surface area contributed by atoms with Gasteiger partial charge < -0.3 is 20.2 Å². The van der Waals surface area contributed by atoms with Gasteiger partial charge in [-0.15, -0.1) is 0 Å². The summed E-state index contributed by atoms with van der Waals surface area (Å²) in [5.74, 6) is 0.925. The number of hydrogen-bond acceptors (Lipinski definition) is 8. The Balaban J connectivity index is 1.14. The molecule has 0 aliphatic carbocycles. The Bertz CT molecular complexity index is 1700. The Kier molecular flexibility index (Phi) is 7.05. The maximum Gasteiger partial charge on any atom is 0.278 e. The summed E-state index contributed by atoms with van der Waals surface area (Å²) in [6.07, 6.45) is 11.9. The van der Waals surface area contributed by atoms with Crippen LogP contribution >= 0.6 is 0 Å². The number of rotatable bonds is 3. The van der Waals surface area contributed by atoms with Crippen LogP contribution < -0.4 is 15.8 Å². The van der Waals surface area contributed by atoms with Crippen molar-refractivity contribution < 1.29 is 5.11 Å². The first-order chi connectivity index (χ1) is 20.8. The zero-order chi connectivity index (χ0) is 29.6. The van der Waals surface area contributed by atoms with Gasteiger partial charge in [0.1, 0.15) is 11.0 Å². The Morgan fingerprint density at radius 1 is 0.907 bits per heavy atom. The summed E-state index contributed by atoms with van der Waals surface area (Å²) in [6, 6.07) is 14.0. The molecule has 3 aliphatic heterocycles. The average molecular weight is 581 g/mol. The van der Waals surface area contributed by atoms with Crippen molar-refractivity contribution in [3.8, 4) is 5.82 Å². The molecule has 2 N–H and O–H groups in total. The van der Waals surface area contributed by atoms with Crippen molar-refractivity contribution in [2.24, 2.45) is 5.41 Å². The molecule has 0 saturated carbocycles. The highest BCUT2D eigenvalue weighted by Gasteiger charge is 2.36. The molecule has 3 aliphatic rings. The lowest BCUT2D eigenvalue weighted by Crippen LogP contribution is -2.46. The van der Waals surface area contributed by atoms with Crippen LogP contribution in [0.3, 0.4) is 0 Å². The molecule has 0 radical (unpaired) electrons. The van der Waals surface area contributed by atoms with E-state index in [0.29, 0.717) is 53.3 Å². The number of piperidine rings is 2. The molecule has 2 saturated heterocycles. The third kappa shape index (κ3) is 5.34. The van der Waals surface area contributed by atoms with Crippen molar-refractivity contribution in [3.63, 3.8) is 0 Å². The second kappa shape index (κ2) is 10.9. The van der Waals surface area contributed by atoms with E-state index in [9.17, 15) is 9.90 Å². The van der Waals surface area contributed by atoms with E-state index in [0.717, 1.165) is 18.8 Å². The molecule has 10 nitrogen and oxygen atoms in total. The molecule has 0 unspecified atom stereocenters. The molecule has 2 fully saturated rings. The summed E-state index contributed by atoms with van der Waals surface area (Å²) in [5.41, 5.74) is 2.40. The van der Waals surface area contributed by atoms with E-state index >= 15 is 0 Å². The molecule has 43 heavy (non-hydrogen) atoms. The first-order valence-electron chi connectivity index (χ1n) is 15.4. The summed E-state index contributed by atoms with van der Waals surface area (Å²) in [4.78, 5) is 32.4. The van der Waals surface area contributed by atoms with Gasteiger partial charge in [0, 0.05) is 30.7 Å². The molecule has 1 spiro atoms. The van der Waals surface area contributed by atoms with Crippen LogP contribution in [0.5, 0.6) is 0 Å². The minimum Gasteiger partial charge on any atom is -0.384 e. The number of fused-ring (bicyclic) bond motifs is 6. The van der Waals surface area contributed by atoms with Crippen LogP contribution in [-0.2, 0) is 12.1 Å². The van der Waals surface area contributed by atoms with E-state index < -0.39 is 5.60 Å². The normalized spacial score (nSPS) is 23.1. The predicted octanol–water partition coefficient (Wildman–Crippen LogP) is 4.59. The Labute approximate surface area is 251 Å². The molecule has 10 heteroatoms. The van der Waals surface area contributed by atoms with Crippen LogP contribution in [0.15, 0.2) is 65.6 Å². The van der Waals surface area contributed by atoms with Gasteiger partial charge >= 0.3 is 0 Å². The molecular formula is C33H40N8O2. The summed E-state index contributed by atoms with van der Waals surface area (Å²) < 4.78 is 3.35. The lowest BCUT2D eigenvalue weighted by Gasteiger charge is -2.46. The molecule has 0 amide bonds. The number of nitrogens with one attached hydrogen (secondary N) is 1. The lowest BCUT2D eigenvalue weighted by atomic mass is 9.71. The second-order valence-corrected chi connectivity index (χ2v) is 12.8. The smallest absolute Gasteiger partial charge is 0.278 e. The zero-order valence-corrected chi connectivity index (χ0v) is 25.0. The minimum absolute atomic E-state index is 0.183. The topological polar surface area (TPSA) is 104 Å². The fourth-order valence-electron chi connectivity index (χ4n) is 6.83. The molecule has 3 aromatic heterocycles. The van der Waals surface area contributed by atoms with Gasteiger partial charge in [-0.3, -0.25) is 4.79 Å². The molecule has 6 heterocycles. The van der Waals surface area contributed by atoms with Crippen molar-refractivity contribution >= 4 is 28.4 Å². The lowest BCUT2D eigenvalue weighted by molar-refractivity contribution is 0.0443. The molecule has 2 bridgehead atoms. The standard InChI is InChI=1S/C33H40N8O2/c1-32(43)13-4-3-5-18-40-30(42)26-23-34-31(37-29(26)41(40)28-8-6-7-27(32)36-28)35-24-9-11-25(12-10-24)39-21-16-33(17-22-39)14-19-38(2)20-15-33/h3,5-12,23,43H,4,13-22H2,1-2H3,(H,34,35,37)/b5-3-/t32-/m1/s1.